The molecule has 0 saturated carbocycles. The molecule has 0 amide bonds. The molecule has 0 saturated heterocycles. The molecule has 5 heteroatoms. The first-order valence-corrected chi connectivity index (χ1v) is 7.63. The fourth-order valence-corrected chi connectivity index (χ4v) is 4.04. The van der Waals surface area contributed by atoms with Crippen molar-refractivity contribution < 1.29 is 9.18 Å². The number of Topliss-reactive ketones (excluding diaryl/α,β-unsaturated/α-hetero) is 1. The fourth-order valence-electron chi connectivity index (χ4n) is 2.92. The van der Waals surface area contributed by atoms with E-state index in [4.69, 9.17) is 0 Å². The van der Waals surface area contributed by atoms with E-state index in [2.05, 4.69) is 4.98 Å². The summed E-state index contributed by atoms with van der Waals surface area (Å²) in [6.07, 6.45) is 3.29. The molecule has 0 unspecified atom stereocenters. The van der Waals surface area contributed by atoms with Crippen molar-refractivity contribution in [3.8, 4) is 0 Å². The largest absolute Gasteiger partial charge is 0.317 e. The second kappa shape index (κ2) is 4.38. The lowest BCUT2D eigenvalue weighted by molar-refractivity contribution is 0.0976. The second-order valence-corrected chi connectivity index (χ2v) is 6.20. The third kappa shape index (κ3) is 1.77. The van der Waals surface area contributed by atoms with Gasteiger partial charge in [-0.3, -0.25) is 4.79 Å². The highest BCUT2D eigenvalue weighted by molar-refractivity contribution is 7.17. The van der Waals surface area contributed by atoms with Gasteiger partial charge in [0.05, 0.1) is 10.6 Å². The van der Waals surface area contributed by atoms with Crippen LogP contribution in [0.15, 0.2) is 18.2 Å². The van der Waals surface area contributed by atoms with Crippen LogP contribution in [0.1, 0.15) is 33.8 Å². The molecular formula is C15H13FN2OS. The summed E-state index contributed by atoms with van der Waals surface area (Å²) in [5.74, 6) is -0.0262. The van der Waals surface area contributed by atoms with Crippen molar-refractivity contribution >= 4 is 27.9 Å². The molecule has 0 radical (unpaired) electrons. The molecule has 0 bridgehead atoms. The number of thiazole rings is 1. The van der Waals surface area contributed by atoms with Crippen molar-refractivity contribution in [3.05, 3.63) is 40.2 Å². The second-order valence-electron chi connectivity index (χ2n) is 5.22. The first kappa shape index (κ1) is 12.0. The van der Waals surface area contributed by atoms with Gasteiger partial charge in [0.25, 0.3) is 0 Å². The number of carbonyl (C=O) groups excluding carboxylic acids is 1. The Hall–Kier alpha value is -1.75. The summed E-state index contributed by atoms with van der Waals surface area (Å²) in [4.78, 5) is 19.4. The minimum atomic E-state index is -0.229. The summed E-state index contributed by atoms with van der Waals surface area (Å²) in [7, 11) is 0. The maximum Gasteiger partial charge on any atom is 0.190 e. The van der Waals surface area contributed by atoms with Crippen LogP contribution in [0, 0.1) is 5.82 Å². The van der Waals surface area contributed by atoms with Crippen LogP contribution in [0.2, 0.25) is 0 Å². The zero-order valence-corrected chi connectivity index (χ0v) is 11.7. The van der Waals surface area contributed by atoms with Gasteiger partial charge in [-0.2, -0.15) is 0 Å². The van der Waals surface area contributed by atoms with E-state index < -0.39 is 0 Å². The van der Waals surface area contributed by atoms with Crippen molar-refractivity contribution in [1.82, 2.24) is 4.98 Å². The first-order valence-electron chi connectivity index (χ1n) is 6.81. The summed E-state index contributed by atoms with van der Waals surface area (Å²) in [6.45, 7) is 0.805. The van der Waals surface area contributed by atoms with Crippen LogP contribution in [-0.2, 0) is 12.8 Å². The van der Waals surface area contributed by atoms with Crippen LogP contribution in [0.25, 0.3) is 0 Å². The number of ketones is 1. The molecule has 2 heterocycles. The van der Waals surface area contributed by atoms with Crippen LogP contribution >= 0.6 is 11.3 Å². The number of aryl methyl sites for hydroxylation is 1. The Morgan fingerprint density at radius 1 is 1.25 bits per heavy atom. The summed E-state index contributed by atoms with van der Waals surface area (Å²) >= 11 is 1.45. The van der Waals surface area contributed by atoms with Crippen molar-refractivity contribution in [2.75, 3.05) is 11.4 Å². The van der Waals surface area contributed by atoms with Crippen LogP contribution in [-0.4, -0.2) is 17.3 Å². The zero-order chi connectivity index (χ0) is 13.7. The van der Waals surface area contributed by atoms with E-state index in [0.717, 1.165) is 52.8 Å². The number of halogens is 1. The van der Waals surface area contributed by atoms with Gasteiger partial charge in [-0.15, -0.1) is 0 Å². The van der Waals surface area contributed by atoms with Crippen molar-refractivity contribution in [1.29, 1.82) is 0 Å². The smallest absolute Gasteiger partial charge is 0.190 e. The van der Waals surface area contributed by atoms with Crippen LogP contribution in [0.5, 0.6) is 0 Å². The minimum Gasteiger partial charge on any atom is -0.317 e. The van der Waals surface area contributed by atoms with Gasteiger partial charge < -0.3 is 4.90 Å². The van der Waals surface area contributed by atoms with Gasteiger partial charge in [-0.25, -0.2) is 9.37 Å². The normalized spacial score (nSPS) is 17.2. The highest BCUT2D eigenvalue weighted by Crippen LogP contribution is 2.39. The lowest BCUT2D eigenvalue weighted by atomic mass is 10.0. The maximum absolute atomic E-state index is 13.4. The van der Waals surface area contributed by atoms with Crippen LogP contribution in [0.4, 0.5) is 15.2 Å². The number of hydrogen-bond donors (Lipinski definition) is 0. The molecule has 102 valence electrons. The number of hydrogen-bond acceptors (Lipinski definition) is 4. The predicted octanol–water partition coefficient (Wildman–Crippen LogP) is 3.50. The number of rotatable bonds is 1. The molecule has 4 rings (SSSR count). The van der Waals surface area contributed by atoms with Crippen molar-refractivity contribution in [3.63, 3.8) is 0 Å². The number of anilines is 2. The summed E-state index contributed by atoms with van der Waals surface area (Å²) in [5, 5.41) is 0.828. The van der Waals surface area contributed by atoms with Gasteiger partial charge in [-0.05, 0) is 37.0 Å². The molecule has 0 spiro atoms. The average molecular weight is 288 g/mol. The van der Waals surface area contributed by atoms with Crippen molar-refractivity contribution in [2.45, 2.75) is 25.7 Å². The number of fused-ring (bicyclic) bond motifs is 2. The highest BCUT2D eigenvalue weighted by atomic mass is 32.1. The summed E-state index contributed by atoms with van der Waals surface area (Å²) < 4.78 is 13.4. The predicted molar refractivity (Wildman–Crippen MR) is 76.5 cm³/mol. The first-order chi connectivity index (χ1) is 9.72. The monoisotopic (exact) mass is 288 g/mol. The topological polar surface area (TPSA) is 33.2 Å². The van der Waals surface area contributed by atoms with Gasteiger partial charge in [0.1, 0.15) is 5.82 Å². The Kier molecular flexibility index (Phi) is 2.63. The summed E-state index contributed by atoms with van der Waals surface area (Å²) in [6, 6.07) is 4.90. The molecule has 1 aromatic carbocycles. The molecule has 0 N–H and O–H groups in total. The van der Waals surface area contributed by atoms with Gasteiger partial charge in [-0.1, -0.05) is 17.4 Å². The molecule has 0 atom stereocenters. The van der Waals surface area contributed by atoms with Gasteiger partial charge in [0.2, 0.25) is 0 Å². The maximum atomic E-state index is 13.4. The SMILES string of the molecule is O=C1CCCc2nc(N3CCc4ccc(F)cc43)sc21. The van der Waals surface area contributed by atoms with Crippen LogP contribution < -0.4 is 4.90 Å². The molecular weight excluding hydrogens is 275 g/mol. The van der Waals surface area contributed by atoms with Gasteiger partial charge >= 0.3 is 0 Å². The molecule has 3 nitrogen and oxygen atoms in total. The molecule has 1 aliphatic heterocycles. The lowest BCUT2D eigenvalue weighted by Gasteiger charge is -2.15. The van der Waals surface area contributed by atoms with E-state index >= 15 is 0 Å². The Morgan fingerprint density at radius 3 is 3.00 bits per heavy atom. The molecule has 1 aromatic heterocycles. The number of nitrogens with zero attached hydrogens (tertiary/aromatic N) is 2. The Labute approximate surface area is 120 Å². The van der Waals surface area contributed by atoms with E-state index in [1.807, 2.05) is 11.0 Å². The quantitative estimate of drug-likeness (QED) is 0.805. The zero-order valence-electron chi connectivity index (χ0n) is 10.9. The molecule has 2 aromatic rings. The third-order valence-corrected chi connectivity index (χ3v) is 5.09. The van der Waals surface area contributed by atoms with E-state index in [1.165, 1.54) is 17.4 Å². The van der Waals surface area contributed by atoms with E-state index in [0.29, 0.717) is 6.42 Å². The van der Waals surface area contributed by atoms with E-state index in [1.54, 1.807) is 6.07 Å². The average Bonchev–Trinajstić information content (AvgIpc) is 3.02. The molecule has 0 fully saturated rings. The highest BCUT2D eigenvalue weighted by Gasteiger charge is 2.28. The molecule has 20 heavy (non-hydrogen) atoms. The van der Waals surface area contributed by atoms with Gasteiger partial charge in [0, 0.05) is 18.7 Å². The van der Waals surface area contributed by atoms with Crippen molar-refractivity contribution in [2.24, 2.45) is 0 Å². The molecule has 2 aliphatic rings. The Balaban J connectivity index is 1.77. The van der Waals surface area contributed by atoms with E-state index in [-0.39, 0.29) is 11.6 Å². The molecule has 1 aliphatic carbocycles. The minimum absolute atomic E-state index is 0.202. The third-order valence-electron chi connectivity index (χ3n) is 3.93. The number of carbonyl (C=O) groups is 1. The van der Waals surface area contributed by atoms with E-state index in [9.17, 15) is 9.18 Å². The van der Waals surface area contributed by atoms with Gasteiger partial charge in [0.15, 0.2) is 10.9 Å². The van der Waals surface area contributed by atoms with Crippen LogP contribution in [0.3, 0.4) is 0 Å². The standard InChI is InChI=1S/C15H13FN2OS/c16-10-5-4-9-6-7-18(12(9)8-10)15-17-11-2-1-3-13(19)14(11)20-15/h4-5,8H,1-3,6-7H2. The summed E-state index contributed by atoms with van der Waals surface area (Å²) in [5.41, 5.74) is 2.96. The Bertz CT molecular complexity index is 710. The lowest BCUT2D eigenvalue weighted by Crippen LogP contribution is -2.13. The number of benzene rings is 1. The Morgan fingerprint density at radius 2 is 2.15 bits per heavy atom. The number of aromatic nitrogens is 1. The fraction of sp³-hybridized carbons (Fsp3) is 0.333.